The SMILES string of the molecule is CC(C)CCOC(C)C(=O)N[C@@H](C)C(=O)O. The highest BCUT2D eigenvalue weighted by Gasteiger charge is 2.19. The van der Waals surface area contributed by atoms with Crippen molar-refractivity contribution in [2.24, 2.45) is 5.92 Å². The van der Waals surface area contributed by atoms with E-state index in [1.165, 1.54) is 6.92 Å². The van der Waals surface area contributed by atoms with Crippen LogP contribution in [-0.2, 0) is 14.3 Å². The van der Waals surface area contributed by atoms with Gasteiger partial charge in [-0.1, -0.05) is 13.8 Å². The molecular weight excluding hydrogens is 210 g/mol. The maximum atomic E-state index is 11.4. The lowest BCUT2D eigenvalue weighted by Crippen LogP contribution is -2.43. The molecular formula is C11H21NO4. The number of carbonyl (C=O) groups excluding carboxylic acids is 1. The molecule has 2 atom stereocenters. The van der Waals surface area contributed by atoms with Crippen molar-refractivity contribution in [2.45, 2.75) is 46.3 Å². The molecule has 0 aliphatic carbocycles. The average molecular weight is 231 g/mol. The van der Waals surface area contributed by atoms with Crippen LogP contribution in [-0.4, -0.2) is 35.7 Å². The predicted octanol–water partition coefficient (Wildman–Crippen LogP) is 1.03. The minimum atomic E-state index is -1.05. The summed E-state index contributed by atoms with van der Waals surface area (Å²) in [5.74, 6) is -0.922. The van der Waals surface area contributed by atoms with Crippen LogP contribution in [0.15, 0.2) is 0 Å². The van der Waals surface area contributed by atoms with Crippen LogP contribution >= 0.6 is 0 Å². The molecule has 0 radical (unpaired) electrons. The Morgan fingerprint density at radius 3 is 2.25 bits per heavy atom. The first-order valence-electron chi connectivity index (χ1n) is 5.49. The molecule has 0 rings (SSSR count). The minimum Gasteiger partial charge on any atom is -0.480 e. The highest BCUT2D eigenvalue weighted by molar-refractivity contribution is 5.85. The van der Waals surface area contributed by atoms with Crippen molar-refractivity contribution in [3.05, 3.63) is 0 Å². The zero-order chi connectivity index (χ0) is 12.7. The normalized spacial score (nSPS) is 14.6. The topological polar surface area (TPSA) is 75.6 Å². The number of carboxylic acids is 1. The molecule has 2 N–H and O–H groups in total. The van der Waals surface area contributed by atoms with Crippen molar-refractivity contribution in [3.63, 3.8) is 0 Å². The average Bonchev–Trinajstić information content (AvgIpc) is 2.16. The summed E-state index contributed by atoms with van der Waals surface area (Å²) in [6.45, 7) is 7.68. The van der Waals surface area contributed by atoms with E-state index < -0.39 is 24.0 Å². The summed E-state index contributed by atoms with van der Waals surface area (Å²) in [6.07, 6.45) is 0.270. The van der Waals surface area contributed by atoms with Gasteiger partial charge in [0.05, 0.1) is 0 Å². The second-order valence-corrected chi connectivity index (χ2v) is 4.26. The molecule has 5 heteroatoms. The van der Waals surface area contributed by atoms with Gasteiger partial charge in [0.25, 0.3) is 0 Å². The lowest BCUT2D eigenvalue weighted by Gasteiger charge is -2.16. The number of aliphatic carboxylic acids is 1. The van der Waals surface area contributed by atoms with Crippen molar-refractivity contribution < 1.29 is 19.4 Å². The molecule has 0 aromatic carbocycles. The van der Waals surface area contributed by atoms with Crippen LogP contribution in [0, 0.1) is 5.92 Å². The number of carbonyl (C=O) groups is 2. The van der Waals surface area contributed by atoms with Crippen LogP contribution in [0.2, 0.25) is 0 Å². The Balaban J connectivity index is 3.86. The van der Waals surface area contributed by atoms with Crippen LogP contribution in [0.4, 0.5) is 0 Å². The van der Waals surface area contributed by atoms with Gasteiger partial charge >= 0.3 is 5.97 Å². The fraction of sp³-hybridized carbons (Fsp3) is 0.818. The number of carboxylic acid groups (broad SMARTS) is 1. The molecule has 1 amide bonds. The van der Waals surface area contributed by atoms with Crippen LogP contribution in [0.25, 0.3) is 0 Å². The number of hydrogen-bond acceptors (Lipinski definition) is 3. The van der Waals surface area contributed by atoms with Gasteiger partial charge in [0.1, 0.15) is 12.1 Å². The zero-order valence-electron chi connectivity index (χ0n) is 10.3. The van der Waals surface area contributed by atoms with Crippen LogP contribution in [0.1, 0.15) is 34.1 Å². The lowest BCUT2D eigenvalue weighted by atomic mass is 10.1. The van der Waals surface area contributed by atoms with Crippen LogP contribution in [0.3, 0.4) is 0 Å². The van der Waals surface area contributed by atoms with E-state index in [0.29, 0.717) is 12.5 Å². The van der Waals surface area contributed by atoms with E-state index in [0.717, 1.165) is 6.42 Å². The van der Waals surface area contributed by atoms with Crippen molar-refractivity contribution in [1.82, 2.24) is 5.32 Å². The first-order valence-corrected chi connectivity index (χ1v) is 5.49. The molecule has 94 valence electrons. The Labute approximate surface area is 96.2 Å². The number of rotatable bonds is 7. The molecule has 0 spiro atoms. The maximum absolute atomic E-state index is 11.4. The molecule has 5 nitrogen and oxygen atoms in total. The zero-order valence-corrected chi connectivity index (χ0v) is 10.3. The first-order chi connectivity index (χ1) is 7.34. The van der Waals surface area contributed by atoms with Crippen molar-refractivity contribution in [1.29, 1.82) is 0 Å². The molecule has 0 aliphatic rings. The van der Waals surface area contributed by atoms with E-state index in [2.05, 4.69) is 19.2 Å². The molecule has 0 heterocycles. The fourth-order valence-electron chi connectivity index (χ4n) is 0.949. The van der Waals surface area contributed by atoms with E-state index in [9.17, 15) is 9.59 Å². The summed E-state index contributed by atoms with van der Waals surface area (Å²) >= 11 is 0. The summed E-state index contributed by atoms with van der Waals surface area (Å²) in [4.78, 5) is 21.9. The molecule has 0 saturated carbocycles. The Morgan fingerprint density at radius 2 is 1.81 bits per heavy atom. The summed E-state index contributed by atoms with van der Waals surface area (Å²) in [6, 6.07) is -0.886. The monoisotopic (exact) mass is 231 g/mol. The van der Waals surface area contributed by atoms with E-state index in [4.69, 9.17) is 9.84 Å². The van der Waals surface area contributed by atoms with Crippen molar-refractivity contribution >= 4 is 11.9 Å². The predicted molar refractivity (Wildman–Crippen MR) is 60.1 cm³/mol. The first kappa shape index (κ1) is 14.9. The molecule has 0 bridgehead atoms. The summed E-state index contributed by atoms with van der Waals surface area (Å²) in [7, 11) is 0. The van der Waals surface area contributed by atoms with Gasteiger partial charge in [-0.05, 0) is 26.2 Å². The maximum Gasteiger partial charge on any atom is 0.325 e. The van der Waals surface area contributed by atoms with Gasteiger partial charge < -0.3 is 15.2 Å². The molecule has 0 fully saturated rings. The Bertz CT molecular complexity index is 240. The lowest BCUT2D eigenvalue weighted by molar-refractivity contribution is -0.143. The highest BCUT2D eigenvalue weighted by Crippen LogP contribution is 2.01. The fourth-order valence-corrected chi connectivity index (χ4v) is 0.949. The number of hydrogen-bond donors (Lipinski definition) is 2. The summed E-state index contributed by atoms with van der Waals surface area (Å²) in [5, 5.41) is 11.0. The van der Waals surface area contributed by atoms with Gasteiger partial charge in [-0.15, -0.1) is 0 Å². The van der Waals surface area contributed by atoms with E-state index in [1.54, 1.807) is 6.92 Å². The van der Waals surface area contributed by atoms with Crippen molar-refractivity contribution in [3.8, 4) is 0 Å². The molecule has 1 unspecified atom stereocenters. The smallest absolute Gasteiger partial charge is 0.325 e. The number of ether oxygens (including phenoxy) is 1. The van der Waals surface area contributed by atoms with Gasteiger partial charge in [0, 0.05) is 6.61 Å². The largest absolute Gasteiger partial charge is 0.480 e. The molecule has 16 heavy (non-hydrogen) atoms. The molecule has 0 aromatic rings. The van der Waals surface area contributed by atoms with Crippen LogP contribution < -0.4 is 5.32 Å². The van der Waals surface area contributed by atoms with Gasteiger partial charge in [-0.25, -0.2) is 0 Å². The Morgan fingerprint density at radius 1 is 1.25 bits per heavy atom. The van der Waals surface area contributed by atoms with Crippen molar-refractivity contribution in [2.75, 3.05) is 6.61 Å². The third-order valence-corrected chi connectivity index (χ3v) is 2.16. The molecule has 0 aromatic heterocycles. The van der Waals surface area contributed by atoms with Gasteiger partial charge in [-0.2, -0.15) is 0 Å². The second kappa shape index (κ2) is 7.22. The van der Waals surface area contributed by atoms with Gasteiger partial charge in [0.15, 0.2) is 0 Å². The standard InChI is InChI=1S/C11H21NO4/c1-7(2)5-6-16-9(4)10(13)12-8(3)11(14)15/h7-9H,5-6H2,1-4H3,(H,12,13)(H,14,15)/t8-,9?/m0/s1. The summed E-state index contributed by atoms with van der Waals surface area (Å²) < 4.78 is 5.29. The van der Waals surface area contributed by atoms with Gasteiger partial charge in [0.2, 0.25) is 5.91 Å². The van der Waals surface area contributed by atoms with E-state index in [-0.39, 0.29) is 0 Å². The number of amides is 1. The quantitative estimate of drug-likeness (QED) is 0.686. The summed E-state index contributed by atoms with van der Waals surface area (Å²) in [5.41, 5.74) is 0. The molecule has 0 saturated heterocycles. The van der Waals surface area contributed by atoms with E-state index in [1.807, 2.05) is 0 Å². The van der Waals surface area contributed by atoms with Gasteiger partial charge in [-0.3, -0.25) is 9.59 Å². The third kappa shape index (κ3) is 6.40. The Hall–Kier alpha value is -1.10. The van der Waals surface area contributed by atoms with E-state index >= 15 is 0 Å². The highest BCUT2D eigenvalue weighted by atomic mass is 16.5. The minimum absolute atomic E-state index is 0.390. The van der Waals surface area contributed by atoms with Crippen LogP contribution in [0.5, 0.6) is 0 Å². The number of nitrogens with one attached hydrogen (secondary N) is 1. The second-order valence-electron chi connectivity index (χ2n) is 4.26. The molecule has 0 aliphatic heterocycles. The third-order valence-electron chi connectivity index (χ3n) is 2.16. The Kier molecular flexibility index (Phi) is 6.72.